The van der Waals surface area contributed by atoms with Crippen molar-refractivity contribution >= 4 is 17.2 Å². The second kappa shape index (κ2) is 7.25. The Morgan fingerprint density at radius 1 is 1.28 bits per heavy atom. The van der Waals surface area contributed by atoms with Crippen LogP contribution in [0.25, 0.3) is 5.57 Å². The third kappa shape index (κ3) is 3.93. The molecule has 1 aromatic carbocycles. The number of ether oxygens (including phenoxy) is 1. The van der Waals surface area contributed by atoms with Gasteiger partial charge < -0.3 is 25.4 Å². The number of hydrogen-bond acceptors (Lipinski definition) is 6. The molecule has 0 spiro atoms. The molecule has 0 saturated carbocycles. The highest BCUT2D eigenvalue weighted by molar-refractivity contribution is 6.32. The van der Waals surface area contributed by atoms with Crippen molar-refractivity contribution in [2.45, 2.75) is 31.0 Å². The summed E-state index contributed by atoms with van der Waals surface area (Å²) in [6.45, 7) is 1.83. The van der Waals surface area contributed by atoms with Crippen LogP contribution in [-0.2, 0) is 0 Å². The van der Waals surface area contributed by atoms with E-state index in [1.165, 1.54) is 13.2 Å². The second-order valence-electron chi connectivity index (χ2n) is 6.45. The number of aromatic hydroxyl groups is 1. The van der Waals surface area contributed by atoms with Gasteiger partial charge in [-0.2, -0.15) is 0 Å². The fourth-order valence-electron chi connectivity index (χ4n) is 3.27. The zero-order valence-electron chi connectivity index (χ0n) is 14.1. The first-order valence-corrected chi connectivity index (χ1v) is 8.69. The van der Waals surface area contributed by atoms with Gasteiger partial charge in [0, 0.05) is 18.0 Å². The molecule has 1 atom stereocenters. The summed E-state index contributed by atoms with van der Waals surface area (Å²) in [6.07, 6.45) is 5.32. The molecule has 1 aliphatic carbocycles. The van der Waals surface area contributed by atoms with Gasteiger partial charge in [0.25, 0.3) is 0 Å². The molecular formula is C18H23ClN2O4. The zero-order valence-corrected chi connectivity index (χ0v) is 14.8. The van der Waals surface area contributed by atoms with Gasteiger partial charge in [-0.25, -0.2) is 0 Å². The van der Waals surface area contributed by atoms with Crippen molar-refractivity contribution in [1.82, 2.24) is 10.6 Å². The number of halogens is 1. The summed E-state index contributed by atoms with van der Waals surface area (Å²) >= 11 is 6.05. The minimum Gasteiger partial charge on any atom is -0.508 e. The molecule has 1 heterocycles. The minimum absolute atomic E-state index is 0.0561. The summed E-state index contributed by atoms with van der Waals surface area (Å²) in [5.74, 6) is 0.105. The summed E-state index contributed by atoms with van der Waals surface area (Å²) in [4.78, 5) is 0. The summed E-state index contributed by atoms with van der Waals surface area (Å²) in [6, 6.07) is 3.31. The topological polar surface area (TPSA) is 94.0 Å². The van der Waals surface area contributed by atoms with E-state index in [-0.39, 0.29) is 34.7 Å². The van der Waals surface area contributed by atoms with Crippen molar-refractivity contribution in [2.24, 2.45) is 0 Å². The predicted octanol–water partition coefficient (Wildman–Crippen LogP) is 2.31. The number of piperidine rings is 1. The molecule has 1 fully saturated rings. The van der Waals surface area contributed by atoms with Gasteiger partial charge in [0.2, 0.25) is 0 Å². The number of aliphatic hydroxyl groups excluding tert-OH is 1. The van der Waals surface area contributed by atoms with E-state index in [0.29, 0.717) is 11.1 Å². The maximum absolute atomic E-state index is 10.9. The van der Waals surface area contributed by atoms with Crippen LogP contribution in [0.4, 0.5) is 0 Å². The Morgan fingerprint density at radius 2 is 2.00 bits per heavy atom. The van der Waals surface area contributed by atoms with E-state index in [1.807, 2.05) is 0 Å². The molecule has 0 bridgehead atoms. The smallest absolute Gasteiger partial charge is 0.176 e. The minimum atomic E-state index is -1.25. The maximum atomic E-state index is 10.9. The summed E-state index contributed by atoms with van der Waals surface area (Å²) in [7, 11) is 1.43. The van der Waals surface area contributed by atoms with E-state index in [1.54, 1.807) is 18.2 Å². The second-order valence-corrected chi connectivity index (χ2v) is 6.86. The maximum Gasteiger partial charge on any atom is 0.176 e. The first kappa shape index (κ1) is 18.1. The number of nitrogens with one attached hydrogen (secondary N) is 2. The first-order chi connectivity index (χ1) is 11.9. The van der Waals surface area contributed by atoms with Crippen molar-refractivity contribution in [2.75, 3.05) is 20.2 Å². The highest BCUT2D eigenvalue weighted by atomic mass is 35.5. The number of phenols is 1. The molecule has 1 saturated heterocycles. The Morgan fingerprint density at radius 3 is 2.68 bits per heavy atom. The number of aliphatic hydroxyl groups is 2. The lowest BCUT2D eigenvalue weighted by Crippen LogP contribution is -2.52. The molecule has 5 N–H and O–H groups in total. The highest BCUT2D eigenvalue weighted by Crippen LogP contribution is 2.40. The molecule has 1 aromatic rings. The normalized spacial score (nSPS) is 24.6. The quantitative estimate of drug-likeness (QED) is 0.525. The molecule has 6 nitrogen and oxygen atoms in total. The number of allylic oxidation sites excluding steroid dienone is 1. The first-order valence-electron chi connectivity index (χ1n) is 8.32. The lowest BCUT2D eigenvalue weighted by molar-refractivity contribution is 0.0379. The average molecular weight is 367 g/mol. The Kier molecular flexibility index (Phi) is 5.24. The Hall–Kier alpha value is -1.73. The molecule has 136 valence electrons. The van der Waals surface area contributed by atoms with Crippen molar-refractivity contribution in [3.8, 4) is 11.5 Å². The molecule has 0 radical (unpaired) electrons. The third-order valence-electron chi connectivity index (χ3n) is 4.62. The van der Waals surface area contributed by atoms with Crippen LogP contribution in [0, 0.1) is 0 Å². The van der Waals surface area contributed by atoms with Crippen molar-refractivity contribution in [1.29, 1.82) is 0 Å². The number of methoxy groups -OCH3 is 1. The molecular weight excluding hydrogens is 344 g/mol. The van der Waals surface area contributed by atoms with Crippen molar-refractivity contribution in [3.63, 3.8) is 0 Å². The van der Waals surface area contributed by atoms with Gasteiger partial charge in [-0.3, -0.25) is 5.32 Å². The van der Waals surface area contributed by atoms with Gasteiger partial charge in [0.05, 0.1) is 12.1 Å². The van der Waals surface area contributed by atoms with Gasteiger partial charge in [-0.15, -0.1) is 0 Å². The molecule has 1 aliphatic heterocycles. The van der Waals surface area contributed by atoms with Crippen molar-refractivity contribution in [3.05, 3.63) is 40.6 Å². The SMILES string of the molecule is COc1cc(C2=CC(O)(NC3CCNCC3)CC=C2O)cc(Cl)c1O. The predicted molar refractivity (Wildman–Crippen MR) is 97.0 cm³/mol. The van der Waals surface area contributed by atoms with E-state index in [4.69, 9.17) is 16.3 Å². The summed E-state index contributed by atoms with van der Waals surface area (Å²) < 4.78 is 5.12. The molecule has 7 heteroatoms. The Balaban J connectivity index is 1.91. The lowest BCUT2D eigenvalue weighted by atomic mass is 9.91. The number of phenolic OH excluding ortho intramolecular Hbond substituents is 1. The highest BCUT2D eigenvalue weighted by Gasteiger charge is 2.32. The third-order valence-corrected chi connectivity index (χ3v) is 4.91. The largest absolute Gasteiger partial charge is 0.508 e. The van der Waals surface area contributed by atoms with Crippen LogP contribution in [0.2, 0.25) is 5.02 Å². The summed E-state index contributed by atoms with van der Waals surface area (Å²) in [5.41, 5.74) is -0.254. The van der Waals surface area contributed by atoms with Gasteiger partial charge in [-0.1, -0.05) is 11.6 Å². The molecule has 0 aromatic heterocycles. The monoisotopic (exact) mass is 366 g/mol. The molecule has 25 heavy (non-hydrogen) atoms. The number of benzene rings is 1. The van der Waals surface area contributed by atoms with Gasteiger partial charge in [0.1, 0.15) is 11.5 Å². The van der Waals surface area contributed by atoms with E-state index >= 15 is 0 Å². The van der Waals surface area contributed by atoms with Gasteiger partial charge in [0.15, 0.2) is 11.5 Å². The van der Waals surface area contributed by atoms with Crippen molar-refractivity contribution < 1.29 is 20.1 Å². The van der Waals surface area contributed by atoms with Gasteiger partial charge >= 0.3 is 0 Å². The van der Waals surface area contributed by atoms with E-state index in [9.17, 15) is 15.3 Å². The van der Waals surface area contributed by atoms with Crippen LogP contribution < -0.4 is 15.4 Å². The van der Waals surface area contributed by atoms with E-state index < -0.39 is 5.72 Å². The number of hydrogen-bond donors (Lipinski definition) is 5. The standard InChI is InChI=1S/C18H23ClN2O4/c1-25-16-9-11(8-14(19)17(16)23)13-10-18(24,5-2-15(13)22)21-12-3-6-20-7-4-12/h2,8-10,12,20-24H,3-7H2,1H3. The Bertz CT molecular complexity index is 713. The number of rotatable bonds is 4. The fourth-order valence-corrected chi connectivity index (χ4v) is 3.48. The zero-order chi connectivity index (χ0) is 18.0. The molecule has 3 rings (SSSR count). The van der Waals surface area contributed by atoms with Crippen LogP contribution in [0.5, 0.6) is 11.5 Å². The van der Waals surface area contributed by atoms with E-state index in [0.717, 1.165) is 25.9 Å². The average Bonchev–Trinajstić information content (AvgIpc) is 2.60. The van der Waals surface area contributed by atoms with E-state index in [2.05, 4.69) is 10.6 Å². The molecule has 2 aliphatic rings. The van der Waals surface area contributed by atoms with Crippen LogP contribution in [0.15, 0.2) is 30.0 Å². The summed E-state index contributed by atoms with van der Waals surface area (Å²) in [5, 5.41) is 37.8. The van der Waals surface area contributed by atoms with Crippen LogP contribution >= 0.6 is 11.6 Å². The molecule has 0 amide bonds. The fraction of sp³-hybridized carbons (Fsp3) is 0.444. The van der Waals surface area contributed by atoms with Gasteiger partial charge in [-0.05, 0) is 55.8 Å². The Labute approximate surface area is 151 Å². The van der Waals surface area contributed by atoms with Crippen LogP contribution in [-0.4, -0.2) is 47.3 Å². The lowest BCUT2D eigenvalue weighted by Gasteiger charge is -2.35. The van der Waals surface area contributed by atoms with Crippen LogP contribution in [0.1, 0.15) is 24.8 Å². The van der Waals surface area contributed by atoms with Crippen LogP contribution in [0.3, 0.4) is 0 Å². The molecule has 1 unspecified atom stereocenters.